The zero-order chi connectivity index (χ0) is 18.4. The molecule has 0 bridgehead atoms. The summed E-state index contributed by atoms with van der Waals surface area (Å²) in [6.45, 7) is 4.86. The molecule has 0 spiro atoms. The lowest BCUT2D eigenvalue weighted by atomic mass is 9.97. The molecule has 0 aliphatic heterocycles. The second-order valence-corrected chi connectivity index (χ2v) is 7.11. The van der Waals surface area contributed by atoms with Crippen LogP contribution in [0.1, 0.15) is 26.0 Å². The molecule has 7 nitrogen and oxygen atoms in total. The topological polar surface area (TPSA) is 105 Å². The van der Waals surface area contributed by atoms with Crippen LogP contribution < -0.4 is 5.32 Å². The maximum Gasteiger partial charge on any atom is 0.307 e. The number of carboxylic acids is 1. The Bertz CT molecular complexity index is 745. The van der Waals surface area contributed by atoms with Crippen LogP contribution in [0.4, 0.5) is 5.69 Å². The molecule has 1 atom stereocenters. The van der Waals surface area contributed by atoms with Crippen LogP contribution in [0.3, 0.4) is 0 Å². The number of thiazole rings is 1. The predicted molar refractivity (Wildman–Crippen MR) is 96.5 cm³/mol. The van der Waals surface area contributed by atoms with Crippen LogP contribution in [-0.4, -0.2) is 27.5 Å². The number of hydrogen-bond donors (Lipinski definition) is 2. The summed E-state index contributed by atoms with van der Waals surface area (Å²) in [6.07, 6.45) is 0.623. The molecule has 1 aromatic carbocycles. The number of nitrogens with zero attached hydrogens (tertiary/aromatic N) is 2. The third-order valence-corrected chi connectivity index (χ3v) is 4.60. The number of nitro benzene ring substituents is 1. The van der Waals surface area contributed by atoms with Gasteiger partial charge >= 0.3 is 5.97 Å². The van der Waals surface area contributed by atoms with Crippen molar-refractivity contribution in [1.29, 1.82) is 0 Å². The Balaban J connectivity index is 1.96. The lowest BCUT2D eigenvalue weighted by Crippen LogP contribution is -2.29. The van der Waals surface area contributed by atoms with Crippen molar-refractivity contribution in [3.8, 4) is 10.6 Å². The summed E-state index contributed by atoms with van der Waals surface area (Å²) in [5.74, 6) is -0.894. The fourth-order valence-corrected chi connectivity index (χ4v) is 3.30. The van der Waals surface area contributed by atoms with E-state index in [-0.39, 0.29) is 5.69 Å². The van der Waals surface area contributed by atoms with Gasteiger partial charge in [0.25, 0.3) is 5.69 Å². The molecule has 0 radical (unpaired) electrons. The normalized spacial score (nSPS) is 12.3. The summed E-state index contributed by atoms with van der Waals surface area (Å²) in [6, 6.07) is 6.36. The van der Waals surface area contributed by atoms with E-state index >= 15 is 0 Å². The average molecular weight is 363 g/mol. The largest absolute Gasteiger partial charge is 0.481 e. The van der Waals surface area contributed by atoms with Crippen LogP contribution in [0.15, 0.2) is 29.6 Å². The van der Waals surface area contributed by atoms with Crippen LogP contribution in [0.5, 0.6) is 0 Å². The standard InChI is InChI=1S/C17H21N3O4S/c1-11(2)6-13(17(21)22)8-18-9-14-10-25-16(19-14)12-4-3-5-15(7-12)20(23)24/h3-5,7,10-11,13,18H,6,8-9H2,1-2H3,(H,21,22). The van der Waals surface area contributed by atoms with Crippen LogP contribution in [-0.2, 0) is 11.3 Å². The summed E-state index contributed by atoms with van der Waals surface area (Å²) < 4.78 is 0. The molecule has 0 saturated carbocycles. The van der Waals surface area contributed by atoms with Gasteiger partial charge in [-0.1, -0.05) is 26.0 Å². The Morgan fingerprint density at radius 2 is 2.20 bits per heavy atom. The van der Waals surface area contributed by atoms with Crippen molar-refractivity contribution in [1.82, 2.24) is 10.3 Å². The van der Waals surface area contributed by atoms with Crippen molar-refractivity contribution in [2.24, 2.45) is 11.8 Å². The summed E-state index contributed by atoms with van der Waals surface area (Å²) >= 11 is 1.41. The van der Waals surface area contributed by atoms with Gasteiger partial charge in [0.05, 0.1) is 16.5 Å². The van der Waals surface area contributed by atoms with Crippen LogP contribution in [0, 0.1) is 22.0 Å². The third kappa shape index (κ3) is 5.61. The molecule has 8 heteroatoms. The van der Waals surface area contributed by atoms with Crippen molar-refractivity contribution in [2.45, 2.75) is 26.8 Å². The van der Waals surface area contributed by atoms with Crippen LogP contribution in [0.2, 0.25) is 0 Å². The molecule has 0 saturated heterocycles. The quantitative estimate of drug-likeness (QED) is 0.521. The molecule has 0 aliphatic rings. The van der Waals surface area contributed by atoms with Gasteiger partial charge in [-0.15, -0.1) is 11.3 Å². The first-order valence-electron chi connectivity index (χ1n) is 7.99. The van der Waals surface area contributed by atoms with Crippen molar-refractivity contribution >= 4 is 23.0 Å². The van der Waals surface area contributed by atoms with E-state index in [9.17, 15) is 20.0 Å². The Kier molecular flexibility index (Phi) is 6.60. The van der Waals surface area contributed by atoms with Gasteiger partial charge < -0.3 is 10.4 Å². The zero-order valence-electron chi connectivity index (χ0n) is 14.1. The molecule has 0 fully saturated rings. The molecular weight excluding hydrogens is 342 g/mol. The highest BCUT2D eigenvalue weighted by atomic mass is 32.1. The first-order valence-corrected chi connectivity index (χ1v) is 8.87. The zero-order valence-corrected chi connectivity index (χ0v) is 15.0. The van der Waals surface area contributed by atoms with E-state index in [0.29, 0.717) is 36.0 Å². The van der Waals surface area contributed by atoms with E-state index < -0.39 is 16.8 Å². The second kappa shape index (κ2) is 8.68. The number of rotatable bonds is 9. The predicted octanol–water partition coefficient (Wildman–Crippen LogP) is 3.55. The number of non-ortho nitro benzene ring substituents is 1. The molecule has 1 unspecified atom stereocenters. The molecule has 0 aliphatic carbocycles. The number of aliphatic carboxylic acids is 1. The summed E-state index contributed by atoms with van der Waals surface area (Å²) in [4.78, 5) is 26.1. The SMILES string of the molecule is CC(C)CC(CNCc1csc(-c2cccc([N+](=O)[O-])c2)n1)C(=O)O. The summed E-state index contributed by atoms with van der Waals surface area (Å²) in [5.41, 5.74) is 1.53. The van der Waals surface area contributed by atoms with Gasteiger partial charge in [-0.25, -0.2) is 4.98 Å². The molecule has 2 N–H and O–H groups in total. The van der Waals surface area contributed by atoms with E-state index in [2.05, 4.69) is 10.3 Å². The Morgan fingerprint density at radius 3 is 2.84 bits per heavy atom. The molecule has 0 amide bonds. The number of carboxylic acid groups (broad SMARTS) is 1. The molecular formula is C17H21N3O4S. The molecule has 25 heavy (non-hydrogen) atoms. The van der Waals surface area contributed by atoms with E-state index in [0.717, 1.165) is 5.69 Å². The highest BCUT2D eigenvalue weighted by Gasteiger charge is 2.18. The molecule has 1 heterocycles. The van der Waals surface area contributed by atoms with Gasteiger partial charge in [-0.05, 0) is 12.3 Å². The highest BCUT2D eigenvalue weighted by Crippen LogP contribution is 2.26. The first-order chi connectivity index (χ1) is 11.9. The number of hydrogen-bond acceptors (Lipinski definition) is 6. The maximum atomic E-state index is 11.2. The highest BCUT2D eigenvalue weighted by molar-refractivity contribution is 7.13. The number of carbonyl (C=O) groups is 1. The number of benzene rings is 1. The smallest absolute Gasteiger partial charge is 0.307 e. The summed E-state index contributed by atoms with van der Waals surface area (Å²) in [7, 11) is 0. The minimum Gasteiger partial charge on any atom is -0.481 e. The fraction of sp³-hybridized carbons (Fsp3) is 0.412. The van der Waals surface area contributed by atoms with Crippen LogP contribution >= 0.6 is 11.3 Å². The Morgan fingerprint density at radius 1 is 1.44 bits per heavy atom. The Hall–Kier alpha value is -2.32. The third-order valence-electron chi connectivity index (χ3n) is 3.66. The lowest BCUT2D eigenvalue weighted by Gasteiger charge is -2.14. The molecule has 1 aromatic heterocycles. The van der Waals surface area contributed by atoms with E-state index in [1.165, 1.54) is 23.5 Å². The Labute approximate surface area is 149 Å². The lowest BCUT2D eigenvalue weighted by molar-refractivity contribution is -0.384. The summed E-state index contributed by atoms with van der Waals surface area (Å²) in [5, 5.41) is 25.8. The average Bonchev–Trinajstić information content (AvgIpc) is 3.02. The van der Waals surface area contributed by atoms with E-state index in [1.807, 2.05) is 19.2 Å². The minimum absolute atomic E-state index is 0.0327. The van der Waals surface area contributed by atoms with Crippen molar-refractivity contribution in [2.75, 3.05) is 6.54 Å². The van der Waals surface area contributed by atoms with Crippen molar-refractivity contribution in [3.63, 3.8) is 0 Å². The van der Waals surface area contributed by atoms with Gasteiger partial charge in [0.1, 0.15) is 5.01 Å². The van der Waals surface area contributed by atoms with Gasteiger partial charge in [0, 0.05) is 36.2 Å². The molecule has 134 valence electrons. The first kappa shape index (κ1) is 19.0. The molecule has 2 rings (SSSR count). The van der Waals surface area contributed by atoms with Crippen molar-refractivity contribution < 1.29 is 14.8 Å². The van der Waals surface area contributed by atoms with Gasteiger partial charge in [0.2, 0.25) is 0 Å². The van der Waals surface area contributed by atoms with E-state index in [4.69, 9.17) is 0 Å². The van der Waals surface area contributed by atoms with Gasteiger partial charge in [-0.2, -0.15) is 0 Å². The number of nitrogens with one attached hydrogen (secondary N) is 1. The fourth-order valence-electron chi connectivity index (χ4n) is 2.49. The van der Waals surface area contributed by atoms with Gasteiger partial charge in [0.15, 0.2) is 0 Å². The van der Waals surface area contributed by atoms with Crippen LogP contribution in [0.25, 0.3) is 10.6 Å². The monoisotopic (exact) mass is 363 g/mol. The van der Waals surface area contributed by atoms with E-state index in [1.54, 1.807) is 12.1 Å². The number of aromatic nitrogens is 1. The minimum atomic E-state index is -0.795. The second-order valence-electron chi connectivity index (χ2n) is 6.25. The number of nitro groups is 1. The molecule has 2 aromatic rings. The maximum absolute atomic E-state index is 11.2. The van der Waals surface area contributed by atoms with Crippen molar-refractivity contribution in [3.05, 3.63) is 45.5 Å². The van der Waals surface area contributed by atoms with Gasteiger partial charge in [-0.3, -0.25) is 14.9 Å².